The molecule has 1 aliphatic heterocycles. The summed E-state index contributed by atoms with van der Waals surface area (Å²) in [6.07, 6.45) is 1.09. The molecule has 1 aliphatic rings. The van der Waals surface area contributed by atoms with E-state index in [9.17, 15) is 9.90 Å². The molecule has 0 spiro atoms. The van der Waals surface area contributed by atoms with Gasteiger partial charge in [-0.1, -0.05) is 13.8 Å². The predicted octanol–water partition coefficient (Wildman–Crippen LogP) is 2.27. The lowest BCUT2D eigenvalue weighted by Crippen LogP contribution is -2.26. The van der Waals surface area contributed by atoms with Crippen molar-refractivity contribution < 1.29 is 9.90 Å². The summed E-state index contributed by atoms with van der Waals surface area (Å²) < 4.78 is 0. The van der Waals surface area contributed by atoms with Crippen LogP contribution in [0.2, 0.25) is 0 Å². The van der Waals surface area contributed by atoms with Gasteiger partial charge in [0.2, 0.25) is 0 Å². The lowest BCUT2D eigenvalue weighted by molar-refractivity contribution is 0.0696. The molecule has 1 fully saturated rings. The molecule has 19 heavy (non-hydrogen) atoms. The van der Waals surface area contributed by atoms with Crippen molar-refractivity contribution in [1.82, 2.24) is 10.2 Å². The van der Waals surface area contributed by atoms with Gasteiger partial charge in [0.25, 0.3) is 0 Å². The Kier molecular flexibility index (Phi) is 3.73. The Labute approximate surface area is 113 Å². The molecule has 5 nitrogen and oxygen atoms in total. The molecule has 1 unspecified atom stereocenters. The first kappa shape index (κ1) is 13.8. The molecule has 0 aromatic carbocycles. The number of carboxylic acids is 1. The number of anilines is 1. The molecule has 104 valence electrons. The van der Waals surface area contributed by atoms with E-state index in [-0.39, 0.29) is 0 Å². The van der Waals surface area contributed by atoms with Crippen LogP contribution in [0, 0.1) is 25.7 Å². The molecule has 1 aromatic rings. The van der Waals surface area contributed by atoms with Crippen LogP contribution in [0.3, 0.4) is 0 Å². The highest BCUT2D eigenvalue weighted by Gasteiger charge is 2.30. The SMILES string of the molecule is Cc1nnc(N2CCC(C(C)C)C2)c(C(=O)O)c1C. The van der Waals surface area contributed by atoms with Crippen molar-refractivity contribution in [2.45, 2.75) is 34.1 Å². The van der Waals surface area contributed by atoms with Crippen molar-refractivity contribution in [2.75, 3.05) is 18.0 Å². The van der Waals surface area contributed by atoms with Crippen LogP contribution in [0.15, 0.2) is 0 Å². The van der Waals surface area contributed by atoms with Crippen molar-refractivity contribution >= 4 is 11.8 Å². The van der Waals surface area contributed by atoms with Gasteiger partial charge in [-0.15, -0.1) is 5.10 Å². The van der Waals surface area contributed by atoms with Crippen LogP contribution in [0.25, 0.3) is 0 Å². The monoisotopic (exact) mass is 263 g/mol. The van der Waals surface area contributed by atoms with E-state index in [1.807, 2.05) is 0 Å². The van der Waals surface area contributed by atoms with E-state index in [1.165, 1.54) is 0 Å². The third kappa shape index (κ3) is 2.55. The van der Waals surface area contributed by atoms with E-state index in [4.69, 9.17) is 0 Å². The lowest BCUT2D eigenvalue weighted by Gasteiger charge is -2.21. The number of carbonyl (C=O) groups is 1. The van der Waals surface area contributed by atoms with Crippen LogP contribution >= 0.6 is 0 Å². The minimum atomic E-state index is -0.918. The molecule has 1 N–H and O–H groups in total. The number of carboxylic acid groups (broad SMARTS) is 1. The number of hydrogen-bond donors (Lipinski definition) is 1. The molecule has 1 aromatic heterocycles. The Morgan fingerprint density at radius 1 is 1.37 bits per heavy atom. The summed E-state index contributed by atoms with van der Waals surface area (Å²) >= 11 is 0. The van der Waals surface area contributed by atoms with E-state index < -0.39 is 5.97 Å². The van der Waals surface area contributed by atoms with Gasteiger partial charge in [-0.2, -0.15) is 5.10 Å². The van der Waals surface area contributed by atoms with E-state index in [0.29, 0.717) is 34.5 Å². The van der Waals surface area contributed by atoms with Crippen molar-refractivity contribution in [1.29, 1.82) is 0 Å². The van der Waals surface area contributed by atoms with Gasteiger partial charge in [0.15, 0.2) is 5.82 Å². The number of nitrogens with zero attached hydrogens (tertiary/aromatic N) is 3. The minimum Gasteiger partial charge on any atom is -0.478 e. The molecule has 0 aliphatic carbocycles. The van der Waals surface area contributed by atoms with Gasteiger partial charge in [-0.25, -0.2) is 4.79 Å². The smallest absolute Gasteiger partial charge is 0.339 e. The van der Waals surface area contributed by atoms with Gasteiger partial charge in [-0.05, 0) is 37.7 Å². The zero-order chi connectivity index (χ0) is 14.2. The molecule has 2 rings (SSSR count). The van der Waals surface area contributed by atoms with Gasteiger partial charge < -0.3 is 10.0 Å². The summed E-state index contributed by atoms with van der Waals surface area (Å²) in [6, 6.07) is 0. The molecule has 2 heterocycles. The summed E-state index contributed by atoms with van der Waals surface area (Å²) in [4.78, 5) is 13.5. The fourth-order valence-corrected chi connectivity index (χ4v) is 2.60. The number of aromatic carboxylic acids is 1. The Hall–Kier alpha value is -1.65. The lowest BCUT2D eigenvalue weighted by atomic mass is 9.95. The average molecular weight is 263 g/mol. The van der Waals surface area contributed by atoms with Crippen molar-refractivity contribution in [3.63, 3.8) is 0 Å². The van der Waals surface area contributed by atoms with Crippen LogP contribution in [0.4, 0.5) is 5.82 Å². The van der Waals surface area contributed by atoms with Gasteiger partial charge in [0.1, 0.15) is 5.56 Å². The Balaban J connectivity index is 2.36. The second kappa shape index (κ2) is 5.15. The van der Waals surface area contributed by atoms with Crippen LogP contribution in [0.1, 0.15) is 41.9 Å². The highest BCUT2D eigenvalue weighted by molar-refractivity contribution is 5.95. The highest BCUT2D eigenvalue weighted by atomic mass is 16.4. The third-order valence-corrected chi connectivity index (χ3v) is 4.12. The zero-order valence-corrected chi connectivity index (χ0v) is 12.0. The summed E-state index contributed by atoms with van der Waals surface area (Å²) in [5.41, 5.74) is 1.70. The summed E-state index contributed by atoms with van der Waals surface area (Å²) in [7, 11) is 0. The van der Waals surface area contributed by atoms with Crippen molar-refractivity contribution in [3.8, 4) is 0 Å². The van der Waals surface area contributed by atoms with Crippen LogP contribution < -0.4 is 4.90 Å². The molecular weight excluding hydrogens is 242 g/mol. The van der Waals surface area contributed by atoms with Crippen LogP contribution in [-0.4, -0.2) is 34.4 Å². The summed E-state index contributed by atoms with van der Waals surface area (Å²) in [5, 5.41) is 17.6. The highest BCUT2D eigenvalue weighted by Crippen LogP contribution is 2.30. The number of hydrogen-bond acceptors (Lipinski definition) is 4. The van der Waals surface area contributed by atoms with Crippen LogP contribution in [-0.2, 0) is 0 Å². The Morgan fingerprint density at radius 2 is 2.05 bits per heavy atom. The zero-order valence-electron chi connectivity index (χ0n) is 12.0. The van der Waals surface area contributed by atoms with Gasteiger partial charge in [0, 0.05) is 13.1 Å². The second-order valence-corrected chi connectivity index (χ2v) is 5.65. The summed E-state index contributed by atoms with van der Waals surface area (Å²) in [6.45, 7) is 9.73. The molecule has 1 atom stereocenters. The maximum absolute atomic E-state index is 11.5. The van der Waals surface area contributed by atoms with E-state index in [2.05, 4.69) is 28.9 Å². The van der Waals surface area contributed by atoms with Gasteiger partial charge in [0.05, 0.1) is 5.69 Å². The first-order valence-corrected chi connectivity index (χ1v) is 6.74. The Morgan fingerprint density at radius 3 is 2.58 bits per heavy atom. The van der Waals surface area contributed by atoms with Gasteiger partial charge in [-0.3, -0.25) is 0 Å². The number of aromatic nitrogens is 2. The minimum absolute atomic E-state index is 0.303. The summed E-state index contributed by atoms with van der Waals surface area (Å²) in [5.74, 6) is 0.820. The molecule has 1 saturated heterocycles. The first-order valence-electron chi connectivity index (χ1n) is 6.74. The number of rotatable bonds is 3. The molecule has 0 amide bonds. The normalized spacial score (nSPS) is 19.2. The van der Waals surface area contributed by atoms with E-state index in [0.717, 1.165) is 19.5 Å². The van der Waals surface area contributed by atoms with E-state index >= 15 is 0 Å². The number of aryl methyl sites for hydroxylation is 1. The maximum atomic E-state index is 11.5. The molecule has 0 radical (unpaired) electrons. The predicted molar refractivity (Wildman–Crippen MR) is 73.6 cm³/mol. The largest absolute Gasteiger partial charge is 0.478 e. The molecule has 0 saturated carbocycles. The quantitative estimate of drug-likeness (QED) is 0.906. The van der Waals surface area contributed by atoms with Crippen LogP contribution in [0.5, 0.6) is 0 Å². The first-order chi connectivity index (χ1) is 8.91. The maximum Gasteiger partial charge on any atom is 0.339 e. The fraction of sp³-hybridized carbons (Fsp3) is 0.643. The Bertz CT molecular complexity index is 500. The third-order valence-electron chi connectivity index (χ3n) is 4.12. The standard InChI is InChI=1S/C14H21N3O2/c1-8(2)11-5-6-17(7-11)13-12(14(18)19)9(3)10(4)15-16-13/h8,11H,5-7H2,1-4H3,(H,18,19). The second-order valence-electron chi connectivity index (χ2n) is 5.65. The van der Waals surface area contributed by atoms with Crippen molar-refractivity contribution in [3.05, 3.63) is 16.8 Å². The molecule has 0 bridgehead atoms. The van der Waals surface area contributed by atoms with E-state index in [1.54, 1.807) is 13.8 Å². The van der Waals surface area contributed by atoms with Gasteiger partial charge >= 0.3 is 5.97 Å². The van der Waals surface area contributed by atoms with Crippen molar-refractivity contribution in [2.24, 2.45) is 11.8 Å². The topological polar surface area (TPSA) is 66.3 Å². The average Bonchev–Trinajstić information content (AvgIpc) is 2.81. The molecule has 5 heteroatoms. The fourth-order valence-electron chi connectivity index (χ4n) is 2.60. The molecular formula is C14H21N3O2.